The first-order chi connectivity index (χ1) is 13.6. The number of amides is 1. The summed E-state index contributed by atoms with van der Waals surface area (Å²) in [4.78, 5) is 11.1. The third-order valence-electron chi connectivity index (χ3n) is 5.17. The SMILES string of the molecule is CCCCCCCCCCc1ccc(-c2ccc(O[C@H](C)C(N)=O)cc2)cc1. The molecule has 2 aromatic rings. The number of unbranched alkanes of at least 4 members (excludes halogenated alkanes) is 7. The number of ether oxygens (including phenoxy) is 1. The molecule has 0 aliphatic rings. The molecule has 1 amide bonds. The number of benzene rings is 2. The molecule has 0 radical (unpaired) electrons. The summed E-state index contributed by atoms with van der Waals surface area (Å²) < 4.78 is 5.50. The molecule has 2 N–H and O–H groups in total. The Morgan fingerprint density at radius 3 is 1.86 bits per heavy atom. The van der Waals surface area contributed by atoms with E-state index in [2.05, 4.69) is 31.2 Å². The Bertz CT molecular complexity index is 691. The summed E-state index contributed by atoms with van der Waals surface area (Å²) in [6.07, 6.45) is 11.4. The van der Waals surface area contributed by atoms with Crippen LogP contribution in [0.25, 0.3) is 11.1 Å². The Labute approximate surface area is 170 Å². The molecule has 0 bridgehead atoms. The number of hydrogen-bond acceptors (Lipinski definition) is 2. The number of carbonyl (C=O) groups excluding carboxylic acids is 1. The van der Waals surface area contributed by atoms with Gasteiger partial charge in [0.1, 0.15) is 5.75 Å². The number of primary amides is 1. The largest absolute Gasteiger partial charge is 0.481 e. The highest BCUT2D eigenvalue weighted by molar-refractivity contribution is 5.78. The molecule has 152 valence electrons. The molecule has 1 atom stereocenters. The number of hydrogen-bond donors (Lipinski definition) is 1. The van der Waals surface area contributed by atoms with Gasteiger partial charge in [-0.2, -0.15) is 0 Å². The van der Waals surface area contributed by atoms with Gasteiger partial charge >= 0.3 is 0 Å². The highest BCUT2D eigenvalue weighted by atomic mass is 16.5. The monoisotopic (exact) mass is 381 g/mol. The Kier molecular flexibility index (Phi) is 9.61. The second-order valence-electron chi connectivity index (χ2n) is 7.61. The Morgan fingerprint density at radius 1 is 0.821 bits per heavy atom. The van der Waals surface area contributed by atoms with E-state index in [9.17, 15) is 4.79 Å². The van der Waals surface area contributed by atoms with E-state index in [0.29, 0.717) is 5.75 Å². The molecule has 2 rings (SSSR count). The highest BCUT2D eigenvalue weighted by Crippen LogP contribution is 2.24. The first-order valence-corrected chi connectivity index (χ1v) is 10.8. The topological polar surface area (TPSA) is 52.3 Å². The van der Waals surface area contributed by atoms with Crippen molar-refractivity contribution >= 4 is 5.91 Å². The molecule has 28 heavy (non-hydrogen) atoms. The van der Waals surface area contributed by atoms with Crippen molar-refractivity contribution in [2.75, 3.05) is 0 Å². The Hall–Kier alpha value is -2.29. The first kappa shape index (κ1) is 22.0. The van der Waals surface area contributed by atoms with Crippen LogP contribution in [0.1, 0.15) is 70.8 Å². The standard InChI is InChI=1S/C25H35NO2/c1-3-4-5-6-7-8-9-10-11-21-12-14-22(15-13-21)23-16-18-24(19-17-23)28-20(2)25(26)27/h12-20H,3-11H2,1-2H3,(H2,26,27)/t20-/m1/s1. The van der Waals surface area contributed by atoms with E-state index < -0.39 is 12.0 Å². The van der Waals surface area contributed by atoms with Gasteiger partial charge in [-0.25, -0.2) is 0 Å². The van der Waals surface area contributed by atoms with Crippen molar-refractivity contribution in [1.29, 1.82) is 0 Å². The summed E-state index contributed by atoms with van der Waals surface area (Å²) in [5.41, 5.74) is 8.96. The summed E-state index contributed by atoms with van der Waals surface area (Å²) in [5, 5.41) is 0. The van der Waals surface area contributed by atoms with Crippen LogP contribution in [-0.4, -0.2) is 12.0 Å². The molecular weight excluding hydrogens is 346 g/mol. The van der Waals surface area contributed by atoms with Crippen molar-refractivity contribution in [2.45, 2.75) is 77.7 Å². The third kappa shape index (κ3) is 7.75. The number of carbonyl (C=O) groups is 1. The second-order valence-corrected chi connectivity index (χ2v) is 7.61. The summed E-state index contributed by atoms with van der Waals surface area (Å²) in [6, 6.07) is 16.6. The smallest absolute Gasteiger partial charge is 0.258 e. The number of nitrogens with two attached hydrogens (primary N) is 1. The first-order valence-electron chi connectivity index (χ1n) is 10.8. The van der Waals surface area contributed by atoms with E-state index in [1.165, 1.54) is 62.5 Å². The van der Waals surface area contributed by atoms with E-state index in [4.69, 9.17) is 10.5 Å². The van der Waals surface area contributed by atoms with Crippen LogP contribution in [-0.2, 0) is 11.2 Å². The molecule has 0 aromatic heterocycles. The van der Waals surface area contributed by atoms with E-state index in [1.54, 1.807) is 6.92 Å². The van der Waals surface area contributed by atoms with Crippen molar-refractivity contribution in [1.82, 2.24) is 0 Å². The summed E-state index contributed by atoms with van der Waals surface area (Å²) in [7, 11) is 0. The highest BCUT2D eigenvalue weighted by Gasteiger charge is 2.10. The zero-order valence-corrected chi connectivity index (χ0v) is 17.5. The van der Waals surface area contributed by atoms with E-state index >= 15 is 0 Å². The minimum atomic E-state index is -0.624. The van der Waals surface area contributed by atoms with Gasteiger partial charge in [0.25, 0.3) is 5.91 Å². The van der Waals surface area contributed by atoms with Gasteiger partial charge in [0, 0.05) is 0 Å². The number of rotatable bonds is 13. The van der Waals surface area contributed by atoms with E-state index in [0.717, 1.165) is 12.0 Å². The van der Waals surface area contributed by atoms with Crippen LogP contribution in [0.4, 0.5) is 0 Å². The van der Waals surface area contributed by atoms with Crippen molar-refractivity contribution in [3.8, 4) is 16.9 Å². The van der Waals surface area contributed by atoms with Gasteiger partial charge in [-0.1, -0.05) is 88.3 Å². The molecule has 3 heteroatoms. The van der Waals surface area contributed by atoms with Gasteiger partial charge in [-0.3, -0.25) is 4.79 Å². The predicted octanol–water partition coefficient (Wildman–Crippen LogP) is 6.29. The molecule has 0 unspecified atom stereocenters. The van der Waals surface area contributed by atoms with Gasteiger partial charge in [0.15, 0.2) is 6.10 Å². The maximum absolute atomic E-state index is 11.1. The third-order valence-corrected chi connectivity index (χ3v) is 5.17. The van der Waals surface area contributed by atoms with Gasteiger partial charge in [-0.15, -0.1) is 0 Å². The minimum absolute atomic E-state index is 0.462. The fraction of sp³-hybridized carbons (Fsp3) is 0.480. The van der Waals surface area contributed by atoms with E-state index in [1.807, 2.05) is 24.3 Å². The lowest BCUT2D eigenvalue weighted by atomic mass is 10.0. The van der Waals surface area contributed by atoms with Gasteiger partial charge < -0.3 is 10.5 Å². The molecule has 0 saturated heterocycles. The lowest BCUT2D eigenvalue weighted by molar-refractivity contribution is -0.123. The maximum atomic E-state index is 11.1. The average Bonchev–Trinajstić information content (AvgIpc) is 2.71. The molecule has 0 fully saturated rings. The van der Waals surface area contributed by atoms with Crippen molar-refractivity contribution in [2.24, 2.45) is 5.73 Å². The fourth-order valence-electron chi connectivity index (χ4n) is 3.32. The van der Waals surface area contributed by atoms with Crippen LogP contribution in [0.2, 0.25) is 0 Å². The lowest BCUT2D eigenvalue weighted by Crippen LogP contribution is -2.30. The zero-order chi connectivity index (χ0) is 20.2. The Morgan fingerprint density at radius 2 is 1.32 bits per heavy atom. The predicted molar refractivity (Wildman–Crippen MR) is 117 cm³/mol. The zero-order valence-electron chi connectivity index (χ0n) is 17.5. The summed E-state index contributed by atoms with van der Waals surface area (Å²) in [6.45, 7) is 3.92. The fourth-order valence-corrected chi connectivity index (χ4v) is 3.32. The van der Waals surface area contributed by atoms with Gasteiger partial charge in [-0.05, 0) is 48.6 Å². The van der Waals surface area contributed by atoms with E-state index in [-0.39, 0.29) is 0 Å². The Balaban J connectivity index is 1.75. The summed E-state index contributed by atoms with van der Waals surface area (Å²) >= 11 is 0. The molecular formula is C25H35NO2. The van der Waals surface area contributed by atoms with Crippen molar-refractivity contribution in [3.05, 3.63) is 54.1 Å². The maximum Gasteiger partial charge on any atom is 0.258 e. The van der Waals surface area contributed by atoms with Crippen LogP contribution in [0, 0.1) is 0 Å². The van der Waals surface area contributed by atoms with Gasteiger partial charge in [0.05, 0.1) is 0 Å². The summed E-state index contributed by atoms with van der Waals surface area (Å²) in [5.74, 6) is 0.192. The van der Waals surface area contributed by atoms with Crippen LogP contribution in [0.15, 0.2) is 48.5 Å². The molecule has 0 spiro atoms. The molecule has 3 nitrogen and oxygen atoms in total. The van der Waals surface area contributed by atoms with Crippen LogP contribution < -0.4 is 10.5 Å². The normalized spacial score (nSPS) is 11.9. The van der Waals surface area contributed by atoms with Crippen molar-refractivity contribution < 1.29 is 9.53 Å². The van der Waals surface area contributed by atoms with Crippen LogP contribution in [0.3, 0.4) is 0 Å². The number of aryl methyl sites for hydroxylation is 1. The van der Waals surface area contributed by atoms with Crippen molar-refractivity contribution in [3.63, 3.8) is 0 Å². The van der Waals surface area contributed by atoms with Crippen LogP contribution in [0.5, 0.6) is 5.75 Å². The molecule has 2 aromatic carbocycles. The molecule has 0 aliphatic carbocycles. The minimum Gasteiger partial charge on any atom is -0.481 e. The lowest BCUT2D eigenvalue weighted by Gasteiger charge is -2.11. The molecule has 0 heterocycles. The molecule has 0 aliphatic heterocycles. The average molecular weight is 382 g/mol. The van der Waals surface area contributed by atoms with Gasteiger partial charge in [0.2, 0.25) is 0 Å². The van der Waals surface area contributed by atoms with Crippen LogP contribution >= 0.6 is 0 Å². The molecule has 0 saturated carbocycles. The quantitative estimate of drug-likeness (QED) is 0.415. The second kappa shape index (κ2) is 12.2.